The van der Waals surface area contributed by atoms with Gasteiger partial charge in [-0.15, -0.1) is 0 Å². The molecular formula is C8H10N2O. The molecule has 3 heteroatoms. The van der Waals surface area contributed by atoms with E-state index in [2.05, 4.69) is 5.10 Å². The van der Waals surface area contributed by atoms with Gasteiger partial charge in [0.15, 0.2) is 5.78 Å². The van der Waals surface area contributed by atoms with Crippen molar-refractivity contribution in [2.24, 2.45) is 7.05 Å². The van der Waals surface area contributed by atoms with Crippen LogP contribution in [0.5, 0.6) is 0 Å². The van der Waals surface area contributed by atoms with E-state index in [9.17, 15) is 4.79 Å². The monoisotopic (exact) mass is 150 g/mol. The fourth-order valence-electron chi connectivity index (χ4n) is 0.796. The van der Waals surface area contributed by atoms with Crippen molar-refractivity contribution in [1.82, 2.24) is 9.78 Å². The molecule has 0 aliphatic rings. The third-order valence-electron chi connectivity index (χ3n) is 1.31. The van der Waals surface area contributed by atoms with Crippen molar-refractivity contribution in [2.75, 3.05) is 0 Å². The fourth-order valence-corrected chi connectivity index (χ4v) is 0.796. The molecule has 3 nitrogen and oxygen atoms in total. The molecule has 0 spiro atoms. The Balaban J connectivity index is 2.85. The van der Waals surface area contributed by atoms with Crippen LogP contribution in [0.15, 0.2) is 24.5 Å². The van der Waals surface area contributed by atoms with E-state index < -0.39 is 0 Å². The van der Waals surface area contributed by atoms with E-state index in [4.69, 9.17) is 0 Å². The minimum absolute atomic E-state index is 0.000556. The van der Waals surface area contributed by atoms with Crippen LogP contribution in [0, 0.1) is 0 Å². The number of ketones is 1. The smallest absolute Gasteiger partial charge is 0.188 e. The molecule has 0 bridgehead atoms. The molecule has 0 atom stereocenters. The molecule has 0 N–H and O–H groups in total. The topological polar surface area (TPSA) is 34.9 Å². The Morgan fingerprint density at radius 1 is 1.73 bits per heavy atom. The van der Waals surface area contributed by atoms with Crippen LogP contribution in [0.3, 0.4) is 0 Å². The van der Waals surface area contributed by atoms with Gasteiger partial charge in [0.25, 0.3) is 0 Å². The molecule has 1 aromatic rings. The Labute approximate surface area is 65.3 Å². The number of carbonyl (C=O) groups is 1. The Hall–Kier alpha value is -1.38. The molecule has 1 aromatic heterocycles. The summed E-state index contributed by atoms with van der Waals surface area (Å²) in [5, 5.41) is 3.88. The molecule has 0 fully saturated rings. The summed E-state index contributed by atoms with van der Waals surface area (Å²) in [5.74, 6) is 0.000556. The Morgan fingerprint density at radius 2 is 2.45 bits per heavy atom. The van der Waals surface area contributed by atoms with Gasteiger partial charge in [0.1, 0.15) is 0 Å². The van der Waals surface area contributed by atoms with Gasteiger partial charge < -0.3 is 0 Å². The summed E-state index contributed by atoms with van der Waals surface area (Å²) in [6.07, 6.45) is 6.50. The zero-order valence-corrected chi connectivity index (χ0v) is 6.61. The largest absolute Gasteiger partial charge is 0.289 e. The number of aryl methyl sites for hydroxylation is 1. The van der Waals surface area contributed by atoms with Gasteiger partial charge in [0.2, 0.25) is 0 Å². The maximum absolute atomic E-state index is 11.1. The standard InChI is InChI=1S/C8H10N2O/c1-3-4-8(11)7-5-9-10(2)6-7/h3-6H,1-2H3/b4-3+. The molecule has 58 valence electrons. The van der Waals surface area contributed by atoms with Crippen molar-refractivity contribution in [3.63, 3.8) is 0 Å². The third-order valence-corrected chi connectivity index (χ3v) is 1.31. The van der Waals surface area contributed by atoms with E-state index in [1.807, 2.05) is 6.92 Å². The number of rotatable bonds is 2. The molecule has 0 saturated heterocycles. The summed E-state index contributed by atoms with van der Waals surface area (Å²) in [5.41, 5.74) is 0.630. The quantitative estimate of drug-likeness (QED) is 0.468. The van der Waals surface area contributed by atoms with Gasteiger partial charge in [0.05, 0.1) is 11.8 Å². The summed E-state index contributed by atoms with van der Waals surface area (Å²) in [6, 6.07) is 0. The van der Waals surface area contributed by atoms with E-state index in [0.717, 1.165) is 0 Å². The SMILES string of the molecule is C/C=C/C(=O)c1cnn(C)c1. The average Bonchev–Trinajstić information content (AvgIpc) is 2.36. The predicted octanol–water partition coefficient (Wildman–Crippen LogP) is 1.18. The van der Waals surface area contributed by atoms with Crippen LogP contribution in [0.25, 0.3) is 0 Å². The van der Waals surface area contributed by atoms with Crippen molar-refractivity contribution in [2.45, 2.75) is 6.92 Å². The molecule has 0 amide bonds. The van der Waals surface area contributed by atoms with Crippen LogP contribution >= 0.6 is 0 Å². The molecule has 11 heavy (non-hydrogen) atoms. The second kappa shape index (κ2) is 3.14. The molecule has 0 radical (unpaired) electrons. The zero-order chi connectivity index (χ0) is 8.27. The van der Waals surface area contributed by atoms with Gasteiger partial charge in [-0.25, -0.2) is 0 Å². The number of nitrogens with zero attached hydrogens (tertiary/aromatic N) is 2. The molecule has 0 aromatic carbocycles. The maximum Gasteiger partial charge on any atom is 0.188 e. The number of aromatic nitrogens is 2. The highest BCUT2D eigenvalue weighted by Gasteiger charge is 2.01. The van der Waals surface area contributed by atoms with Crippen LogP contribution in [0.1, 0.15) is 17.3 Å². The molecular weight excluding hydrogens is 140 g/mol. The lowest BCUT2D eigenvalue weighted by molar-refractivity contribution is 0.104. The van der Waals surface area contributed by atoms with Crippen LogP contribution in [-0.2, 0) is 7.05 Å². The molecule has 1 rings (SSSR count). The summed E-state index contributed by atoms with van der Waals surface area (Å²) < 4.78 is 1.61. The molecule has 0 saturated carbocycles. The van der Waals surface area contributed by atoms with Gasteiger partial charge in [0, 0.05) is 13.2 Å². The van der Waals surface area contributed by atoms with Gasteiger partial charge >= 0.3 is 0 Å². The molecule has 0 aliphatic heterocycles. The summed E-state index contributed by atoms with van der Waals surface area (Å²) in [4.78, 5) is 11.1. The first-order chi connectivity index (χ1) is 5.24. The summed E-state index contributed by atoms with van der Waals surface area (Å²) >= 11 is 0. The summed E-state index contributed by atoms with van der Waals surface area (Å²) in [6.45, 7) is 1.81. The van der Waals surface area contributed by atoms with Gasteiger partial charge in [-0.1, -0.05) is 6.08 Å². The van der Waals surface area contributed by atoms with Gasteiger partial charge in [-0.05, 0) is 13.0 Å². The second-order valence-electron chi connectivity index (χ2n) is 2.27. The minimum atomic E-state index is 0.000556. The van der Waals surface area contributed by atoms with E-state index in [-0.39, 0.29) is 5.78 Å². The van der Waals surface area contributed by atoms with Gasteiger partial charge in [-0.2, -0.15) is 5.10 Å². The van der Waals surface area contributed by atoms with Crippen LogP contribution in [0.4, 0.5) is 0 Å². The lowest BCUT2D eigenvalue weighted by Gasteiger charge is -1.84. The number of hydrogen-bond acceptors (Lipinski definition) is 2. The van der Waals surface area contributed by atoms with Crippen molar-refractivity contribution in [3.05, 3.63) is 30.1 Å². The van der Waals surface area contributed by atoms with Crippen LogP contribution < -0.4 is 0 Å². The Kier molecular flexibility index (Phi) is 2.21. The lowest BCUT2D eigenvalue weighted by Crippen LogP contribution is -1.91. The zero-order valence-electron chi connectivity index (χ0n) is 6.61. The fraction of sp³-hybridized carbons (Fsp3) is 0.250. The Morgan fingerprint density at radius 3 is 2.91 bits per heavy atom. The van der Waals surface area contributed by atoms with E-state index >= 15 is 0 Å². The van der Waals surface area contributed by atoms with E-state index in [1.165, 1.54) is 6.08 Å². The van der Waals surface area contributed by atoms with E-state index in [1.54, 1.807) is 30.2 Å². The first kappa shape index (κ1) is 7.72. The lowest BCUT2D eigenvalue weighted by atomic mass is 10.2. The normalized spacial score (nSPS) is 10.7. The van der Waals surface area contributed by atoms with Crippen LogP contribution in [0.2, 0.25) is 0 Å². The van der Waals surface area contributed by atoms with Crippen LogP contribution in [-0.4, -0.2) is 15.6 Å². The minimum Gasteiger partial charge on any atom is -0.289 e. The second-order valence-corrected chi connectivity index (χ2v) is 2.27. The maximum atomic E-state index is 11.1. The van der Waals surface area contributed by atoms with Crippen molar-refractivity contribution >= 4 is 5.78 Å². The van der Waals surface area contributed by atoms with Gasteiger partial charge in [-0.3, -0.25) is 9.48 Å². The highest BCUT2D eigenvalue weighted by Crippen LogP contribution is 1.98. The first-order valence-corrected chi connectivity index (χ1v) is 3.39. The number of hydrogen-bond donors (Lipinski definition) is 0. The predicted molar refractivity (Wildman–Crippen MR) is 42.4 cm³/mol. The van der Waals surface area contributed by atoms with E-state index in [0.29, 0.717) is 5.56 Å². The number of carbonyl (C=O) groups excluding carboxylic acids is 1. The average molecular weight is 150 g/mol. The highest BCUT2D eigenvalue weighted by atomic mass is 16.1. The Bertz CT molecular complexity index is 286. The first-order valence-electron chi connectivity index (χ1n) is 3.39. The highest BCUT2D eigenvalue weighted by molar-refractivity contribution is 6.04. The van der Waals surface area contributed by atoms with Crippen molar-refractivity contribution in [1.29, 1.82) is 0 Å². The summed E-state index contributed by atoms with van der Waals surface area (Å²) in [7, 11) is 1.78. The van der Waals surface area contributed by atoms with Crippen molar-refractivity contribution < 1.29 is 4.79 Å². The van der Waals surface area contributed by atoms with Crippen molar-refractivity contribution in [3.8, 4) is 0 Å². The number of allylic oxidation sites excluding steroid dienone is 2. The molecule has 0 aliphatic carbocycles. The third kappa shape index (κ3) is 1.77. The molecule has 1 heterocycles. The molecule has 0 unspecified atom stereocenters.